The number of hydrogen-bond donors (Lipinski definition) is 4. The van der Waals surface area contributed by atoms with Crippen molar-refractivity contribution in [1.82, 2.24) is 20.1 Å². The highest BCUT2D eigenvalue weighted by molar-refractivity contribution is 5.99. The van der Waals surface area contributed by atoms with Gasteiger partial charge in [0.1, 0.15) is 11.4 Å². The van der Waals surface area contributed by atoms with Crippen LogP contribution in [0.4, 0.5) is 26.5 Å². The van der Waals surface area contributed by atoms with E-state index in [-0.39, 0.29) is 35.2 Å². The number of fused-ring (bicyclic) bond motifs is 1. The van der Waals surface area contributed by atoms with Gasteiger partial charge in [-0.3, -0.25) is 9.48 Å². The summed E-state index contributed by atoms with van der Waals surface area (Å²) < 4.78 is 22.4. The third kappa shape index (κ3) is 6.15. The number of nitrogens with zero attached hydrogens (tertiary/aromatic N) is 3. The molecule has 4 rings (SSSR count). The van der Waals surface area contributed by atoms with Crippen molar-refractivity contribution in [3.8, 4) is 0 Å². The first kappa shape index (κ1) is 27.2. The minimum Gasteiger partial charge on any atom is -0.444 e. The molecule has 1 saturated carbocycles. The molecule has 10 nitrogen and oxygen atoms in total. The molecule has 0 aliphatic heterocycles. The molecule has 0 unspecified atom stereocenters. The Morgan fingerprint density at radius 2 is 1.95 bits per heavy atom. The normalized spacial score (nSPS) is 15.1. The second kappa shape index (κ2) is 10.5. The van der Waals surface area contributed by atoms with E-state index in [0.29, 0.717) is 12.1 Å². The third-order valence-electron chi connectivity index (χ3n) is 6.55. The second-order valence-corrected chi connectivity index (χ2v) is 10.8. The van der Waals surface area contributed by atoms with Crippen LogP contribution in [0.15, 0.2) is 24.3 Å². The van der Waals surface area contributed by atoms with E-state index in [2.05, 4.69) is 26.0 Å². The molecular weight excluding hydrogens is 489 g/mol. The number of amides is 2. The lowest BCUT2D eigenvalue weighted by atomic mass is 10.0. The van der Waals surface area contributed by atoms with Gasteiger partial charge in [0.05, 0.1) is 28.9 Å². The van der Waals surface area contributed by atoms with Crippen molar-refractivity contribution in [2.75, 3.05) is 10.6 Å². The average molecular weight is 526 g/mol. The number of aryl methyl sites for hydroxylation is 2. The van der Waals surface area contributed by atoms with Crippen molar-refractivity contribution in [2.24, 2.45) is 18.7 Å². The Morgan fingerprint density at radius 1 is 1.24 bits per heavy atom. The van der Waals surface area contributed by atoms with Crippen LogP contribution in [0, 0.1) is 18.7 Å². The molecule has 2 heterocycles. The summed E-state index contributed by atoms with van der Waals surface area (Å²) in [6.07, 6.45) is 1.96. The molecule has 5 N–H and O–H groups in total. The van der Waals surface area contributed by atoms with E-state index in [1.54, 1.807) is 25.5 Å². The predicted octanol–water partition coefficient (Wildman–Crippen LogP) is 4.75. The van der Waals surface area contributed by atoms with Crippen LogP contribution in [0.25, 0.3) is 10.9 Å². The first-order chi connectivity index (χ1) is 17.9. The molecule has 3 aromatic rings. The van der Waals surface area contributed by atoms with Crippen molar-refractivity contribution < 1.29 is 18.7 Å². The van der Waals surface area contributed by atoms with Crippen LogP contribution in [-0.2, 0) is 11.8 Å². The minimum atomic E-state index is -0.805. The quantitative estimate of drug-likeness (QED) is 0.316. The molecule has 0 bridgehead atoms. The highest BCUT2D eigenvalue weighted by atomic mass is 19.1. The number of benzene rings is 1. The Hall–Kier alpha value is -3.89. The van der Waals surface area contributed by atoms with Crippen LogP contribution < -0.4 is 21.7 Å². The fourth-order valence-electron chi connectivity index (χ4n) is 4.59. The van der Waals surface area contributed by atoms with Gasteiger partial charge < -0.3 is 26.4 Å². The van der Waals surface area contributed by atoms with E-state index in [9.17, 15) is 9.59 Å². The topological polar surface area (TPSA) is 136 Å². The zero-order chi connectivity index (χ0) is 27.8. The fraction of sp³-hybridized carbons (Fsp3) is 0.481. The third-order valence-corrected chi connectivity index (χ3v) is 6.55. The summed E-state index contributed by atoms with van der Waals surface area (Å²) in [4.78, 5) is 29.1. The Morgan fingerprint density at radius 3 is 2.55 bits per heavy atom. The van der Waals surface area contributed by atoms with Crippen molar-refractivity contribution >= 4 is 40.2 Å². The number of alkyl carbamates (subject to hydrolysis) is 1. The van der Waals surface area contributed by atoms with E-state index in [4.69, 9.17) is 10.5 Å². The number of nitrogens with two attached hydrogens (primary N) is 1. The summed E-state index contributed by atoms with van der Waals surface area (Å²) in [5.41, 5.74) is 7.31. The number of primary amides is 1. The maximum atomic E-state index is 15.2. The Balaban J connectivity index is 1.63. The summed E-state index contributed by atoms with van der Waals surface area (Å²) >= 11 is 0. The summed E-state index contributed by atoms with van der Waals surface area (Å²) in [5, 5.41) is 14.6. The first-order valence-electron chi connectivity index (χ1n) is 12.8. The van der Waals surface area contributed by atoms with Crippen LogP contribution in [0.1, 0.15) is 63.0 Å². The number of nitrogens with one attached hydrogen (secondary N) is 3. The molecule has 1 fully saturated rings. The van der Waals surface area contributed by atoms with Gasteiger partial charge in [0.2, 0.25) is 0 Å². The number of pyridine rings is 1. The van der Waals surface area contributed by atoms with Gasteiger partial charge in [-0.2, -0.15) is 5.10 Å². The molecule has 0 spiro atoms. The zero-order valence-corrected chi connectivity index (χ0v) is 22.7. The van der Waals surface area contributed by atoms with Gasteiger partial charge in [-0.15, -0.1) is 0 Å². The Labute approximate surface area is 221 Å². The van der Waals surface area contributed by atoms with E-state index >= 15 is 4.39 Å². The maximum absolute atomic E-state index is 15.2. The lowest BCUT2D eigenvalue weighted by Crippen LogP contribution is -2.49. The minimum absolute atomic E-state index is 0.0301. The van der Waals surface area contributed by atoms with Crippen LogP contribution in [0.3, 0.4) is 0 Å². The molecule has 1 aromatic carbocycles. The Bertz CT molecular complexity index is 1360. The molecule has 38 heavy (non-hydrogen) atoms. The maximum Gasteiger partial charge on any atom is 0.407 e. The Kier molecular flexibility index (Phi) is 7.48. The van der Waals surface area contributed by atoms with E-state index < -0.39 is 23.4 Å². The van der Waals surface area contributed by atoms with Gasteiger partial charge in [-0.1, -0.05) is 6.92 Å². The number of carbonyl (C=O) groups is 2. The van der Waals surface area contributed by atoms with Gasteiger partial charge in [0.15, 0.2) is 11.6 Å². The SMILES string of the molecule is CC[C@H](NC(=O)OC(C)(C)C)[C@H](Nc1nc(Nc2ccc3c(c2)c(C)nn3C)c(C(N)=O)cc1F)C1CC1. The summed E-state index contributed by atoms with van der Waals surface area (Å²) in [6.45, 7) is 9.25. The van der Waals surface area contributed by atoms with Gasteiger partial charge >= 0.3 is 6.09 Å². The van der Waals surface area contributed by atoms with Crippen LogP contribution in [-0.4, -0.2) is 44.4 Å². The average Bonchev–Trinajstić information content (AvgIpc) is 3.62. The number of aromatic nitrogens is 3. The molecule has 2 aromatic heterocycles. The highest BCUT2D eigenvalue weighted by Gasteiger charge is 2.38. The lowest BCUT2D eigenvalue weighted by Gasteiger charge is -2.30. The van der Waals surface area contributed by atoms with E-state index in [1.807, 2.05) is 39.1 Å². The van der Waals surface area contributed by atoms with Crippen LogP contribution in [0.2, 0.25) is 0 Å². The molecule has 204 valence electrons. The molecule has 2 atom stereocenters. The van der Waals surface area contributed by atoms with Gasteiger partial charge in [0, 0.05) is 18.1 Å². The number of carbonyl (C=O) groups excluding carboxylic acids is 2. The zero-order valence-electron chi connectivity index (χ0n) is 22.7. The number of anilines is 3. The van der Waals surface area contributed by atoms with Gasteiger partial charge in [-0.05, 0) is 77.1 Å². The summed E-state index contributed by atoms with van der Waals surface area (Å²) in [7, 11) is 1.87. The van der Waals surface area contributed by atoms with E-state index in [1.165, 1.54) is 0 Å². The molecule has 2 amide bonds. The first-order valence-corrected chi connectivity index (χ1v) is 12.8. The number of hydrogen-bond acceptors (Lipinski definition) is 7. The van der Waals surface area contributed by atoms with Crippen molar-refractivity contribution in [3.05, 3.63) is 41.3 Å². The molecule has 0 radical (unpaired) electrons. The largest absolute Gasteiger partial charge is 0.444 e. The number of ether oxygens (including phenoxy) is 1. The van der Waals surface area contributed by atoms with Gasteiger partial charge in [-0.25, -0.2) is 14.2 Å². The predicted molar refractivity (Wildman–Crippen MR) is 145 cm³/mol. The van der Waals surface area contributed by atoms with Crippen LogP contribution in [0.5, 0.6) is 0 Å². The number of halogens is 1. The standard InChI is InChI=1S/C27H36FN7O3/c1-7-20(31-26(37)38-27(3,4)5)22(15-8-9-15)32-25-19(28)13-18(23(29)36)24(33-25)30-16-10-11-21-17(12-16)14(2)34-35(21)6/h10-13,15,20,22H,7-9H2,1-6H3,(H2,29,36)(H,31,37)(H2,30,32,33)/t20-,22+/m0/s1. The lowest BCUT2D eigenvalue weighted by molar-refractivity contribution is 0.0495. The van der Waals surface area contributed by atoms with Crippen LogP contribution >= 0.6 is 0 Å². The molecule has 0 saturated heterocycles. The summed E-state index contributed by atoms with van der Waals surface area (Å²) in [5.74, 6) is -1.18. The van der Waals surface area contributed by atoms with Crippen molar-refractivity contribution in [1.29, 1.82) is 0 Å². The molecule has 1 aliphatic carbocycles. The molecule has 11 heteroatoms. The monoisotopic (exact) mass is 525 g/mol. The smallest absolute Gasteiger partial charge is 0.407 e. The fourth-order valence-corrected chi connectivity index (χ4v) is 4.59. The molecule has 1 aliphatic rings. The molecular formula is C27H36FN7O3. The van der Waals surface area contributed by atoms with Crippen molar-refractivity contribution in [3.63, 3.8) is 0 Å². The van der Waals surface area contributed by atoms with Gasteiger partial charge in [0.25, 0.3) is 5.91 Å². The second-order valence-electron chi connectivity index (χ2n) is 10.8. The number of rotatable bonds is 9. The van der Waals surface area contributed by atoms with Crippen molar-refractivity contribution in [2.45, 2.75) is 71.6 Å². The van der Waals surface area contributed by atoms with E-state index in [0.717, 1.165) is 35.5 Å². The summed E-state index contributed by atoms with van der Waals surface area (Å²) in [6, 6.07) is 6.11. The highest BCUT2D eigenvalue weighted by Crippen LogP contribution is 2.37.